The molecule has 0 unspecified atom stereocenters. The summed E-state index contributed by atoms with van der Waals surface area (Å²) in [4.78, 5) is 13.4. The van der Waals surface area contributed by atoms with Crippen molar-refractivity contribution in [2.45, 2.75) is 6.42 Å². The molecule has 92 valence electrons. The van der Waals surface area contributed by atoms with E-state index in [-0.39, 0.29) is 5.56 Å². The van der Waals surface area contributed by atoms with Gasteiger partial charge >= 0.3 is 5.97 Å². The number of methoxy groups -OCH3 is 1. The number of aromatic carboxylic acids is 1. The molecular weight excluding hydrogens is 234 g/mol. The maximum absolute atomic E-state index is 10.8. The number of hydrogen-bond acceptors (Lipinski definition) is 3. The van der Waals surface area contributed by atoms with Gasteiger partial charge in [0, 0.05) is 17.9 Å². The van der Waals surface area contributed by atoms with Crippen LogP contribution in [-0.2, 0) is 0 Å². The van der Waals surface area contributed by atoms with Crippen LogP contribution in [0.2, 0.25) is 0 Å². The maximum Gasteiger partial charge on any atom is 0.335 e. The van der Waals surface area contributed by atoms with Crippen molar-refractivity contribution in [1.82, 2.24) is 0 Å². The van der Waals surface area contributed by atoms with Gasteiger partial charge in [-0.05, 0) is 23.7 Å². The zero-order valence-corrected chi connectivity index (χ0v) is 9.75. The molecule has 0 amide bonds. The van der Waals surface area contributed by atoms with Crippen LogP contribution in [-0.4, -0.2) is 24.7 Å². The summed E-state index contributed by atoms with van der Waals surface area (Å²) < 4.78 is 5.07. The highest BCUT2D eigenvalue weighted by molar-refractivity contribution is 5.88. The molecule has 0 saturated carbocycles. The predicted octanol–water partition coefficient (Wildman–Crippen LogP) is 2.45. The number of azide groups is 1. The van der Waals surface area contributed by atoms with Gasteiger partial charge in [0.05, 0.1) is 18.2 Å². The van der Waals surface area contributed by atoms with Gasteiger partial charge in [-0.1, -0.05) is 17.0 Å². The van der Waals surface area contributed by atoms with Crippen LogP contribution in [0.1, 0.15) is 22.3 Å². The summed E-state index contributed by atoms with van der Waals surface area (Å²) in [5, 5.41) is 12.2. The van der Waals surface area contributed by atoms with Gasteiger partial charge in [0.2, 0.25) is 0 Å². The summed E-state index contributed by atoms with van der Waals surface area (Å²) in [7, 11) is 1.45. The maximum atomic E-state index is 10.8. The normalized spacial score (nSPS) is 8.72. The first-order valence-corrected chi connectivity index (χ1v) is 5.10. The molecule has 0 heterocycles. The molecule has 0 saturated heterocycles. The van der Waals surface area contributed by atoms with Crippen molar-refractivity contribution in [3.63, 3.8) is 0 Å². The minimum absolute atomic E-state index is 0.145. The summed E-state index contributed by atoms with van der Waals surface area (Å²) in [5.74, 6) is 5.05. The van der Waals surface area contributed by atoms with Crippen LogP contribution in [0.3, 0.4) is 0 Å². The second-order valence-corrected chi connectivity index (χ2v) is 3.23. The van der Waals surface area contributed by atoms with Crippen LogP contribution in [0.4, 0.5) is 0 Å². The number of benzene rings is 1. The first-order chi connectivity index (χ1) is 8.69. The Balaban J connectivity index is 2.88. The van der Waals surface area contributed by atoms with Gasteiger partial charge in [-0.3, -0.25) is 0 Å². The number of carboxylic acid groups (broad SMARTS) is 1. The number of nitrogens with zero attached hydrogens (tertiary/aromatic N) is 3. The van der Waals surface area contributed by atoms with E-state index in [0.29, 0.717) is 24.3 Å². The van der Waals surface area contributed by atoms with E-state index in [4.69, 9.17) is 15.4 Å². The van der Waals surface area contributed by atoms with E-state index >= 15 is 0 Å². The molecule has 1 rings (SSSR count). The number of carboxylic acids is 1. The fraction of sp³-hybridized carbons (Fsp3) is 0.250. The SMILES string of the molecule is COc1cc(C(=O)O)ccc1C#CCCN=[N+]=[N-]. The first kappa shape index (κ1) is 13.4. The summed E-state index contributed by atoms with van der Waals surface area (Å²) in [6.07, 6.45) is 0.438. The molecule has 0 aromatic heterocycles. The number of hydrogen-bond donors (Lipinski definition) is 1. The molecule has 6 nitrogen and oxygen atoms in total. The Labute approximate surface area is 104 Å². The van der Waals surface area contributed by atoms with E-state index in [0.717, 1.165) is 0 Å². The van der Waals surface area contributed by atoms with E-state index in [2.05, 4.69) is 21.9 Å². The van der Waals surface area contributed by atoms with Crippen molar-refractivity contribution >= 4 is 5.97 Å². The summed E-state index contributed by atoms with van der Waals surface area (Å²) in [6, 6.07) is 4.46. The van der Waals surface area contributed by atoms with E-state index in [1.807, 2.05) is 0 Å². The number of carbonyl (C=O) groups is 1. The summed E-state index contributed by atoms with van der Waals surface area (Å²) >= 11 is 0. The molecular formula is C12H11N3O3. The molecule has 0 bridgehead atoms. The smallest absolute Gasteiger partial charge is 0.335 e. The Morgan fingerprint density at radius 3 is 3.00 bits per heavy atom. The third kappa shape index (κ3) is 3.74. The number of rotatable bonds is 4. The minimum atomic E-state index is -1.02. The van der Waals surface area contributed by atoms with Crippen molar-refractivity contribution in [2.75, 3.05) is 13.7 Å². The van der Waals surface area contributed by atoms with Crippen LogP contribution in [0.15, 0.2) is 23.3 Å². The highest BCUT2D eigenvalue weighted by Crippen LogP contribution is 2.19. The van der Waals surface area contributed by atoms with E-state index in [9.17, 15) is 4.79 Å². The third-order valence-electron chi connectivity index (χ3n) is 2.07. The average molecular weight is 245 g/mol. The van der Waals surface area contributed by atoms with Crippen LogP contribution in [0.5, 0.6) is 5.75 Å². The lowest BCUT2D eigenvalue weighted by Crippen LogP contribution is -1.98. The van der Waals surface area contributed by atoms with Crippen molar-refractivity contribution in [3.8, 4) is 17.6 Å². The fourth-order valence-electron chi connectivity index (χ4n) is 1.24. The zero-order valence-electron chi connectivity index (χ0n) is 9.75. The molecule has 0 fully saturated rings. The van der Waals surface area contributed by atoms with Crippen molar-refractivity contribution in [3.05, 3.63) is 39.8 Å². The lowest BCUT2D eigenvalue weighted by molar-refractivity contribution is 0.0696. The van der Waals surface area contributed by atoms with Gasteiger partial charge in [-0.25, -0.2) is 4.79 Å². The summed E-state index contributed by atoms with van der Waals surface area (Å²) in [5.41, 5.74) is 8.83. The topological polar surface area (TPSA) is 95.3 Å². The molecule has 18 heavy (non-hydrogen) atoms. The fourth-order valence-corrected chi connectivity index (χ4v) is 1.24. The molecule has 0 aliphatic carbocycles. The zero-order chi connectivity index (χ0) is 13.4. The lowest BCUT2D eigenvalue weighted by Gasteiger charge is -2.04. The highest BCUT2D eigenvalue weighted by Gasteiger charge is 2.07. The molecule has 6 heteroatoms. The third-order valence-corrected chi connectivity index (χ3v) is 2.07. The standard InChI is InChI=1S/C12H11N3O3/c1-18-11-8-10(12(16)17)6-5-9(11)4-2-3-7-14-15-13/h5-6,8H,3,7H2,1H3,(H,16,17). The number of ether oxygens (including phenoxy) is 1. The molecule has 0 atom stereocenters. The Morgan fingerprint density at radius 2 is 2.39 bits per heavy atom. The summed E-state index contributed by atoms with van der Waals surface area (Å²) in [6.45, 7) is 0.305. The lowest BCUT2D eigenvalue weighted by atomic mass is 10.1. The average Bonchev–Trinajstić information content (AvgIpc) is 2.38. The quantitative estimate of drug-likeness (QED) is 0.290. The molecule has 0 aliphatic rings. The van der Waals surface area contributed by atoms with Gasteiger partial charge in [-0.15, -0.1) is 0 Å². The molecule has 0 radical (unpaired) electrons. The molecule has 1 aromatic rings. The van der Waals surface area contributed by atoms with Gasteiger partial charge in [0.1, 0.15) is 5.75 Å². The molecule has 0 aliphatic heterocycles. The molecule has 1 N–H and O–H groups in total. The Morgan fingerprint density at radius 1 is 1.61 bits per heavy atom. The van der Waals surface area contributed by atoms with Crippen LogP contribution < -0.4 is 4.74 Å². The van der Waals surface area contributed by atoms with Crippen molar-refractivity contribution in [1.29, 1.82) is 0 Å². The highest BCUT2D eigenvalue weighted by atomic mass is 16.5. The van der Waals surface area contributed by atoms with E-state index in [1.165, 1.54) is 19.2 Å². The van der Waals surface area contributed by atoms with Gasteiger partial charge in [0.25, 0.3) is 0 Å². The molecule has 1 aromatic carbocycles. The van der Waals surface area contributed by atoms with Crippen molar-refractivity contribution < 1.29 is 14.6 Å². The van der Waals surface area contributed by atoms with Gasteiger partial charge in [0.15, 0.2) is 0 Å². The predicted molar refractivity (Wildman–Crippen MR) is 65.5 cm³/mol. The van der Waals surface area contributed by atoms with E-state index in [1.54, 1.807) is 6.07 Å². The van der Waals surface area contributed by atoms with Gasteiger partial charge < -0.3 is 9.84 Å². The minimum Gasteiger partial charge on any atom is -0.495 e. The Hall–Kier alpha value is -2.64. The van der Waals surface area contributed by atoms with Crippen LogP contribution >= 0.6 is 0 Å². The van der Waals surface area contributed by atoms with Crippen molar-refractivity contribution in [2.24, 2.45) is 5.11 Å². The largest absolute Gasteiger partial charge is 0.495 e. The first-order valence-electron chi connectivity index (χ1n) is 5.10. The molecule has 0 spiro atoms. The second kappa shape index (κ2) is 6.84. The van der Waals surface area contributed by atoms with Crippen LogP contribution in [0.25, 0.3) is 10.4 Å². The monoisotopic (exact) mass is 245 g/mol. The van der Waals surface area contributed by atoms with Crippen LogP contribution in [0, 0.1) is 11.8 Å². The van der Waals surface area contributed by atoms with E-state index < -0.39 is 5.97 Å². The van der Waals surface area contributed by atoms with Gasteiger partial charge in [-0.2, -0.15) is 0 Å². The second-order valence-electron chi connectivity index (χ2n) is 3.23. The Bertz CT molecular complexity index is 551. The Kier molecular flexibility index (Phi) is 5.10.